The molecule has 6 N–H and O–H groups in total. The van der Waals surface area contributed by atoms with Crippen LogP contribution in [0.25, 0.3) is 0 Å². The Bertz CT molecular complexity index is 3090. The summed E-state index contributed by atoms with van der Waals surface area (Å²) in [5.74, 6) is -1.17. The van der Waals surface area contributed by atoms with E-state index in [1.165, 1.54) is 52.7 Å². The van der Waals surface area contributed by atoms with Crippen LogP contribution in [0, 0.1) is 0 Å². The van der Waals surface area contributed by atoms with Crippen molar-refractivity contribution in [2.75, 3.05) is 114 Å². The van der Waals surface area contributed by atoms with E-state index in [1.54, 1.807) is 12.1 Å². The van der Waals surface area contributed by atoms with Gasteiger partial charge in [0.25, 0.3) is 5.56 Å². The van der Waals surface area contributed by atoms with Gasteiger partial charge in [-0.25, -0.2) is 53.9 Å². The first kappa shape index (κ1) is 66.5. The molecule has 0 bridgehead atoms. The molecule has 0 spiro atoms. The van der Waals surface area contributed by atoms with Crippen molar-refractivity contribution < 1.29 is 67.3 Å². The zero-order valence-corrected chi connectivity index (χ0v) is 48.8. The predicted octanol–water partition coefficient (Wildman–Crippen LogP) is -0.248. The van der Waals surface area contributed by atoms with Crippen LogP contribution in [0.5, 0.6) is 0 Å². The molecule has 0 aromatic carbocycles. The average Bonchev–Trinajstić information content (AvgIpc) is 3.46. The fourth-order valence-corrected chi connectivity index (χ4v) is 8.39. The molecule has 5 aromatic rings. The van der Waals surface area contributed by atoms with Crippen molar-refractivity contribution in [3.8, 4) is 0 Å². The van der Waals surface area contributed by atoms with Crippen molar-refractivity contribution in [3.63, 3.8) is 0 Å². The maximum absolute atomic E-state index is 11.9. The summed E-state index contributed by atoms with van der Waals surface area (Å²) in [4.78, 5) is 121. The van der Waals surface area contributed by atoms with Crippen LogP contribution in [-0.4, -0.2) is 201 Å². The summed E-state index contributed by atoms with van der Waals surface area (Å²) < 4.78 is 13.8. The zero-order valence-electron chi connectivity index (χ0n) is 46.6. The molecule has 5 aliphatic rings. The number of H-pyrrole nitrogens is 2. The van der Waals surface area contributed by atoms with Crippen LogP contribution in [0.4, 0.5) is 29.4 Å². The van der Waals surface area contributed by atoms with Crippen LogP contribution in [0.15, 0.2) is 39.9 Å². The summed E-state index contributed by atoms with van der Waals surface area (Å²) in [6, 6.07) is 8.06. The minimum Gasteiger partial charge on any atom is -0.543 e. The first-order valence-electron chi connectivity index (χ1n) is 25.9. The molecule has 2 aliphatic heterocycles. The molecule has 0 amide bonds. The number of carbonyl (C=O) groups excluding carboxylic acids is 4. The number of methoxy groups -OCH3 is 3. The van der Waals surface area contributed by atoms with Gasteiger partial charge in [-0.15, -0.1) is 0 Å². The number of aromatic nitrogens is 10. The summed E-state index contributed by atoms with van der Waals surface area (Å²) in [5.41, 5.74) is -1.50. The third kappa shape index (κ3) is 21.1. The largest absolute Gasteiger partial charge is 1.00 e. The van der Waals surface area contributed by atoms with Crippen molar-refractivity contribution >= 4 is 94.0 Å². The van der Waals surface area contributed by atoms with E-state index in [-0.39, 0.29) is 51.7 Å². The summed E-state index contributed by atoms with van der Waals surface area (Å²) in [6.45, 7) is 7.11. The van der Waals surface area contributed by atoms with E-state index in [4.69, 9.17) is 44.6 Å². The fourth-order valence-electron chi connectivity index (χ4n) is 7.80. The number of esters is 3. The Labute approximate surface area is 503 Å². The number of hydrogen-bond donors (Lipinski definition) is 6. The number of carbonyl (C=O) groups is 5. The van der Waals surface area contributed by atoms with Crippen molar-refractivity contribution in [2.45, 2.75) is 75.9 Å². The van der Waals surface area contributed by atoms with Crippen molar-refractivity contribution in [3.05, 3.63) is 95.4 Å². The van der Waals surface area contributed by atoms with Gasteiger partial charge in [0.2, 0.25) is 22.5 Å². The maximum Gasteiger partial charge on any atom is 1.00 e. The van der Waals surface area contributed by atoms with Crippen molar-refractivity contribution in [1.82, 2.24) is 59.6 Å². The quantitative estimate of drug-likeness (QED) is 0.0291. The van der Waals surface area contributed by atoms with Crippen LogP contribution in [0.2, 0.25) is 15.7 Å². The summed E-state index contributed by atoms with van der Waals surface area (Å²) in [7, 11) is 8.09. The van der Waals surface area contributed by atoms with E-state index in [9.17, 15) is 38.7 Å². The second kappa shape index (κ2) is 32.5. The minimum atomic E-state index is -1.34. The molecule has 0 atom stereocenters. The number of hydrogen-bond acceptors (Lipinski definition) is 26. The van der Waals surface area contributed by atoms with Crippen LogP contribution in [-0.2, 0) is 14.2 Å². The van der Waals surface area contributed by atoms with Crippen LogP contribution in [0.1, 0.15) is 110 Å². The number of carboxylic acids is 2. The van der Waals surface area contributed by atoms with E-state index in [0.717, 1.165) is 96.9 Å². The van der Waals surface area contributed by atoms with Crippen LogP contribution < -0.4 is 61.0 Å². The molecule has 33 heteroatoms. The molecule has 83 heavy (non-hydrogen) atoms. The third-order valence-corrected chi connectivity index (χ3v) is 13.7. The molecule has 29 nitrogen and oxygen atoms in total. The molecule has 10 rings (SSSR count). The fraction of sp³-hybridized carbons (Fsp3) is 0.500. The van der Waals surface area contributed by atoms with E-state index >= 15 is 0 Å². The molecular weight excluding hydrogens is 1140 g/mol. The molecule has 0 radical (unpaired) electrons. The maximum atomic E-state index is 11.9. The number of ether oxygens (including phenoxy) is 3. The Morgan fingerprint density at radius 1 is 0.542 bits per heavy atom. The Morgan fingerprint density at radius 3 is 1.28 bits per heavy atom. The Kier molecular flexibility index (Phi) is 26.1. The topological polar surface area (TPSA) is 374 Å². The number of nitrogens with zero attached hydrogens (tertiary/aromatic N) is 12. The van der Waals surface area contributed by atoms with E-state index < -0.39 is 46.8 Å². The Hall–Kier alpha value is -7.26. The van der Waals surface area contributed by atoms with Gasteiger partial charge in [-0.3, -0.25) is 9.78 Å². The summed E-state index contributed by atoms with van der Waals surface area (Å²) in [6.07, 6.45) is 10.4. The van der Waals surface area contributed by atoms with E-state index in [0.29, 0.717) is 53.2 Å². The molecule has 3 saturated carbocycles. The van der Waals surface area contributed by atoms with Gasteiger partial charge in [-0.2, -0.15) is 9.97 Å². The molecule has 5 aromatic heterocycles. The normalized spacial score (nSPS) is 15.9. The van der Waals surface area contributed by atoms with Gasteiger partial charge in [-0.05, 0) is 95.1 Å². The number of rotatable bonds is 13. The number of halogens is 3. The van der Waals surface area contributed by atoms with Gasteiger partial charge in [0, 0.05) is 101 Å². The van der Waals surface area contributed by atoms with E-state index in [1.807, 2.05) is 14.9 Å². The number of aromatic carboxylic acids is 2. The number of nitrogens with one attached hydrogen (secondary N) is 5. The molecule has 5 fully saturated rings. The van der Waals surface area contributed by atoms with E-state index in [2.05, 4.69) is 94.1 Å². The summed E-state index contributed by atoms with van der Waals surface area (Å²) >= 11 is 16.7. The molecule has 0 unspecified atom stereocenters. The zero-order chi connectivity index (χ0) is 59.5. The van der Waals surface area contributed by atoms with Crippen molar-refractivity contribution in [1.29, 1.82) is 0 Å². The minimum absolute atomic E-state index is 0. The van der Waals surface area contributed by atoms with Gasteiger partial charge < -0.3 is 69.8 Å². The number of piperazine rings is 2. The SMILES string of the molecule is CN1CCN(c2nc(NC3CCC3)cc(C(=O)[O-])n2)CC1.COC(=O)c1cc(Cl)nc(Cl)n1.COC(=O)c1cc(NC2CCC2)nc(Cl)n1.COC(=O)c1cc(NC2CCC2)nc(N2CCN(C)CC2)n1.O=C(O)c1cc(=O)[nH]c(=O)[nH]1.[Li+]. The third-order valence-electron chi connectivity index (χ3n) is 13.1. The van der Waals surface area contributed by atoms with Crippen molar-refractivity contribution in [2.24, 2.45) is 0 Å². The van der Waals surface area contributed by atoms with Crippen LogP contribution >= 0.6 is 34.8 Å². The molecule has 442 valence electrons. The van der Waals surface area contributed by atoms with Gasteiger partial charge in [0.15, 0.2) is 17.1 Å². The second-order valence-corrected chi connectivity index (χ2v) is 20.2. The second-order valence-electron chi connectivity index (χ2n) is 19.1. The molecule has 7 heterocycles. The Morgan fingerprint density at radius 2 is 0.916 bits per heavy atom. The number of carboxylic acid groups (broad SMARTS) is 2. The Balaban J connectivity index is 0.000000194. The molecule has 2 saturated heterocycles. The van der Waals surface area contributed by atoms with Gasteiger partial charge in [-0.1, -0.05) is 11.6 Å². The first-order valence-corrected chi connectivity index (χ1v) is 27.0. The number of anilines is 5. The predicted molar refractivity (Wildman–Crippen MR) is 299 cm³/mol. The number of aromatic amines is 2. The smallest absolute Gasteiger partial charge is 0.543 e. The number of likely N-dealkylation sites (N-methyl/N-ethyl adjacent to an activating group) is 2. The molecule has 3 aliphatic carbocycles. The van der Waals surface area contributed by atoms with Gasteiger partial charge in [0.05, 0.1) is 33.0 Å². The van der Waals surface area contributed by atoms with Gasteiger partial charge >= 0.3 is 48.4 Å². The first-order chi connectivity index (χ1) is 39.2. The average molecular weight is 1210 g/mol. The molecular formula is C50H63Cl3LiN17O12. The summed E-state index contributed by atoms with van der Waals surface area (Å²) in [5, 5.41) is 29.4. The van der Waals surface area contributed by atoms with Gasteiger partial charge in [0.1, 0.15) is 28.3 Å². The standard InChI is InChI=1S/C15H23N5O2.C14H21N5O2.C10H12ClN3O2.C6H4Cl2N2O2.C5H4N2O4.Li/c1-19-6-8-20(9-7-19)15-17-12(14(21)22-2)10-13(18-15)16-11-4-3-5-11;1-18-5-7-19(8-6-18)14-16-11(13(20)21)9-12(17-14)15-10-3-2-4-10;1-16-9(15)7-5-8(14-10(11)13-7)12-6-3-2-4-6;1-12-5(11)3-2-4(7)10-6(8)9-3;8-3-1-2(4(9)10)6-5(11)7-3;/h10-11H,3-9H2,1-2H3,(H,16,17,18);9-10H,2-8H2,1H3,(H,20,21)(H,15,16,17);5-6H,2-4H2,1H3,(H,12,13,14);2H,1H3;1H,(H,9,10)(H2,6,7,8,11);/q;;;;;+1/p-1. The monoisotopic (exact) mass is 1210 g/mol. The van der Waals surface area contributed by atoms with Crippen LogP contribution in [0.3, 0.4) is 0 Å².